The van der Waals surface area contributed by atoms with Crippen LogP contribution in [0.1, 0.15) is 12.5 Å². The first-order valence-corrected chi connectivity index (χ1v) is 9.82. The van der Waals surface area contributed by atoms with Gasteiger partial charge < -0.3 is 4.90 Å². The van der Waals surface area contributed by atoms with E-state index >= 15 is 0 Å². The maximum Gasteiger partial charge on any atom is 0.417 e. The number of thioether (sulfide) groups is 1. The molecule has 2 rings (SSSR count). The summed E-state index contributed by atoms with van der Waals surface area (Å²) in [5.41, 5.74) is -1.26. The highest BCUT2D eigenvalue weighted by atomic mass is 32.2. The van der Waals surface area contributed by atoms with Crippen molar-refractivity contribution in [1.82, 2.24) is 9.62 Å². The summed E-state index contributed by atoms with van der Waals surface area (Å²) < 4.78 is 65.7. The van der Waals surface area contributed by atoms with Gasteiger partial charge in [0.1, 0.15) is 0 Å². The van der Waals surface area contributed by atoms with Crippen LogP contribution in [0.3, 0.4) is 0 Å². The first-order chi connectivity index (χ1) is 11.1. The van der Waals surface area contributed by atoms with E-state index in [2.05, 4.69) is 4.72 Å². The molecule has 24 heavy (non-hydrogen) atoms. The summed E-state index contributed by atoms with van der Waals surface area (Å²) in [6.45, 7) is 2.32. The van der Waals surface area contributed by atoms with Crippen LogP contribution >= 0.6 is 11.8 Å². The van der Waals surface area contributed by atoms with Crippen LogP contribution in [-0.2, 0) is 21.0 Å². The quantitative estimate of drug-likeness (QED) is 0.864. The van der Waals surface area contributed by atoms with Crippen LogP contribution in [0.5, 0.6) is 0 Å². The number of amides is 1. The molecule has 1 aromatic rings. The highest BCUT2D eigenvalue weighted by Crippen LogP contribution is 2.33. The van der Waals surface area contributed by atoms with E-state index in [1.165, 1.54) is 17.9 Å². The molecule has 1 aromatic carbocycles. The molecule has 10 heteroatoms. The minimum atomic E-state index is -4.80. The van der Waals surface area contributed by atoms with Crippen molar-refractivity contribution in [3.8, 4) is 0 Å². The molecule has 1 aliphatic rings. The molecule has 5 nitrogen and oxygen atoms in total. The first-order valence-electron chi connectivity index (χ1n) is 7.18. The Morgan fingerprint density at radius 1 is 1.25 bits per heavy atom. The predicted molar refractivity (Wildman–Crippen MR) is 85.1 cm³/mol. The Labute approximate surface area is 142 Å². The van der Waals surface area contributed by atoms with Crippen LogP contribution in [0.4, 0.5) is 13.2 Å². The second-order valence-electron chi connectivity index (χ2n) is 5.27. The van der Waals surface area contributed by atoms with Gasteiger partial charge >= 0.3 is 6.18 Å². The number of nitrogens with zero attached hydrogens (tertiary/aromatic N) is 1. The highest BCUT2D eigenvalue weighted by molar-refractivity contribution is 7.99. The Balaban J connectivity index is 2.21. The maximum atomic E-state index is 13.0. The lowest BCUT2D eigenvalue weighted by Gasteiger charge is -2.29. The topological polar surface area (TPSA) is 66.5 Å². The van der Waals surface area contributed by atoms with E-state index in [1.807, 2.05) is 0 Å². The van der Waals surface area contributed by atoms with E-state index in [9.17, 15) is 26.4 Å². The summed E-state index contributed by atoms with van der Waals surface area (Å²) >= 11 is 1.68. The lowest BCUT2D eigenvalue weighted by molar-refractivity contribution is -0.139. The molecule has 0 unspecified atom stereocenters. The Bertz CT molecular complexity index is 701. The van der Waals surface area contributed by atoms with Gasteiger partial charge in [-0.2, -0.15) is 29.7 Å². The standard InChI is InChI=1S/C14H17F3N2O3S2/c1-10(13(20)19-6-8-23-9-7-19)18-24(21,22)12-5-3-2-4-11(12)14(15,16)17/h2-5,10,18H,6-9H2,1H3/t10-/m0/s1. The smallest absolute Gasteiger partial charge is 0.340 e. The number of carbonyl (C=O) groups excluding carboxylic acids is 1. The molecule has 0 aromatic heterocycles. The number of benzene rings is 1. The zero-order valence-corrected chi connectivity index (χ0v) is 14.5. The zero-order chi connectivity index (χ0) is 18.0. The van der Waals surface area contributed by atoms with Crippen LogP contribution in [0, 0.1) is 0 Å². The molecule has 134 valence electrons. The van der Waals surface area contributed by atoms with Crippen LogP contribution in [-0.4, -0.2) is 49.9 Å². The van der Waals surface area contributed by atoms with Crippen molar-refractivity contribution in [3.05, 3.63) is 29.8 Å². The van der Waals surface area contributed by atoms with E-state index in [0.29, 0.717) is 19.2 Å². The molecule has 1 heterocycles. The molecule has 0 aliphatic carbocycles. The van der Waals surface area contributed by atoms with Gasteiger partial charge in [0.2, 0.25) is 15.9 Å². The fourth-order valence-electron chi connectivity index (χ4n) is 2.34. The average Bonchev–Trinajstić information content (AvgIpc) is 2.53. The Kier molecular flexibility index (Phi) is 5.82. The number of rotatable bonds is 4. The molecule has 1 atom stereocenters. The van der Waals surface area contributed by atoms with Crippen molar-refractivity contribution in [3.63, 3.8) is 0 Å². The first kappa shape index (κ1) is 19.1. The van der Waals surface area contributed by atoms with E-state index < -0.39 is 38.6 Å². The third-order valence-corrected chi connectivity index (χ3v) is 6.05. The number of carbonyl (C=O) groups is 1. The summed E-state index contributed by atoms with van der Waals surface area (Å²) in [5.74, 6) is 1.06. The Morgan fingerprint density at radius 2 is 1.83 bits per heavy atom. The maximum absolute atomic E-state index is 13.0. The number of sulfonamides is 1. The average molecular weight is 382 g/mol. The van der Waals surface area contributed by atoms with Gasteiger partial charge in [-0.3, -0.25) is 4.79 Å². The van der Waals surface area contributed by atoms with Crippen LogP contribution in [0.15, 0.2) is 29.2 Å². The largest absolute Gasteiger partial charge is 0.417 e. The summed E-state index contributed by atoms with van der Waals surface area (Å²) in [7, 11) is -4.48. The predicted octanol–water partition coefficient (Wildman–Crippen LogP) is 1.95. The van der Waals surface area contributed by atoms with Crippen molar-refractivity contribution in [2.75, 3.05) is 24.6 Å². The van der Waals surface area contributed by atoms with Gasteiger partial charge in [-0.05, 0) is 19.1 Å². The molecule has 1 amide bonds. The molecule has 1 N–H and O–H groups in total. The zero-order valence-electron chi connectivity index (χ0n) is 12.8. The van der Waals surface area contributed by atoms with Gasteiger partial charge in [-0.1, -0.05) is 12.1 Å². The molecule has 0 bridgehead atoms. The number of hydrogen-bond acceptors (Lipinski definition) is 4. The summed E-state index contributed by atoms with van der Waals surface area (Å²) in [4.78, 5) is 12.9. The summed E-state index contributed by atoms with van der Waals surface area (Å²) in [5, 5.41) is 0. The third-order valence-electron chi connectivity index (χ3n) is 3.51. The fraction of sp³-hybridized carbons (Fsp3) is 0.500. The molecule has 1 aliphatic heterocycles. The van der Waals surface area contributed by atoms with Gasteiger partial charge in [0.25, 0.3) is 0 Å². The highest BCUT2D eigenvalue weighted by Gasteiger charge is 2.38. The molecule has 1 saturated heterocycles. The lowest BCUT2D eigenvalue weighted by atomic mass is 10.2. The van der Waals surface area contributed by atoms with Gasteiger partial charge in [-0.25, -0.2) is 8.42 Å². The second kappa shape index (κ2) is 7.32. The second-order valence-corrected chi connectivity index (χ2v) is 8.18. The number of nitrogens with one attached hydrogen (secondary N) is 1. The van der Waals surface area contributed by atoms with Gasteiger partial charge in [-0.15, -0.1) is 0 Å². The monoisotopic (exact) mass is 382 g/mol. The third kappa shape index (κ3) is 4.42. The van der Waals surface area contributed by atoms with Crippen LogP contribution in [0.2, 0.25) is 0 Å². The van der Waals surface area contributed by atoms with Crippen molar-refractivity contribution >= 4 is 27.7 Å². The molecule has 1 fully saturated rings. The van der Waals surface area contributed by atoms with Crippen molar-refractivity contribution in [1.29, 1.82) is 0 Å². The normalized spacial score (nSPS) is 17.6. The Hall–Kier alpha value is -1.26. The number of halogens is 3. The molecular formula is C14H17F3N2O3S2. The molecular weight excluding hydrogens is 365 g/mol. The number of hydrogen-bond donors (Lipinski definition) is 1. The van der Waals surface area contributed by atoms with Crippen molar-refractivity contribution < 1.29 is 26.4 Å². The van der Waals surface area contributed by atoms with E-state index in [1.54, 1.807) is 11.8 Å². The minimum Gasteiger partial charge on any atom is -0.340 e. The van der Waals surface area contributed by atoms with E-state index in [-0.39, 0.29) is 0 Å². The Morgan fingerprint density at radius 3 is 2.42 bits per heavy atom. The van der Waals surface area contributed by atoms with Crippen LogP contribution in [0.25, 0.3) is 0 Å². The summed E-state index contributed by atoms with van der Waals surface area (Å²) in [6, 6.07) is 2.75. The van der Waals surface area contributed by atoms with Crippen molar-refractivity contribution in [2.45, 2.75) is 24.0 Å². The SMILES string of the molecule is C[C@H](NS(=O)(=O)c1ccccc1C(F)(F)F)C(=O)N1CCSCC1. The lowest BCUT2D eigenvalue weighted by Crippen LogP contribution is -2.49. The molecule has 0 saturated carbocycles. The van der Waals surface area contributed by atoms with Gasteiger partial charge in [0.05, 0.1) is 16.5 Å². The fourth-order valence-corrected chi connectivity index (χ4v) is 4.67. The van der Waals surface area contributed by atoms with Crippen molar-refractivity contribution in [2.24, 2.45) is 0 Å². The van der Waals surface area contributed by atoms with E-state index in [0.717, 1.165) is 23.6 Å². The van der Waals surface area contributed by atoms with Crippen LogP contribution < -0.4 is 4.72 Å². The summed E-state index contributed by atoms with van der Waals surface area (Å²) in [6.07, 6.45) is -4.80. The molecule has 0 radical (unpaired) electrons. The molecule has 0 spiro atoms. The minimum absolute atomic E-state index is 0.441. The number of alkyl halides is 3. The van der Waals surface area contributed by atoms with E-state index in [4.69, 9.17) is 0 Å². The van der Waals surface area contributed by atoms with Gasteiger partial charge in [0, 0.05) is 24.6 Å². The van der Waals surface area contributed by atoms with Gasteiger partial charge in [0.15, 0.2) is 0 Å².